The maximum absolute atomic E-state index is 8.40. The lowest BCUT2D eigenvalue weighted by atomic mass is 10.1. The SMILES string of the molecule is N#CNc1ncc(-c2ccc(Cl)cc2Cl)cn1. The van der Waals surface area contributed by atoms with Crippen LogP contribution in [0.1, 0.15) is 0 Å². The molecular formula is C11H6Cl2N4. The molecule has 0 aliphatic rings. The van der Waals surface area contributed by atoms with Crippen LogP contribution in [0.25, 0.3) is 11.1 Å². The van der Waals surface area contributed by atoms with E-state index in [0.29, 0.717) is 10.0 Å². The molecule has 0 saturated carbocycles. The van der Waals surface area contributed by atoms with Crippen molar-refractivity contribution in [1.82, 2.24) is 9.97 Å². The lowest BCUT2D eigenvalue weighted by Gasteiger charge is -2.04. The molecule has 84 valence electrons. The van der Waals surface area contributed by atoms with E-state index < -0.39 is 0 Å². The molecule has 4 nitrogen and oxygen atoms in total. The van der Waals surface area contributed by atoms with Crippen LogP contribution in [0.15, 0.2) is 30.6 Å². The average Bonchev–Trinajstić information content (AvgIpc) is 2.31. The molecule has 2 rings (SSSR count). The van der Waals surface area contributed by atoms with Crippen LogP contribution in [0.2, 0.25) is 10.0 Å². The molecule has 6 heteroatoms. The van der Waals surface area contributed by atoms with Crippen molar-refractivity contribution in [3.8, 4) is 17.3 Å². The predicted octanol–water partition coefficient (Wildman–Crippen LogP) is 3.34. The molecule has 0 spiro atoms. The molecule has 1 aromatic heterocycles. The number of benzene rings is 1. The summed E-state index contributed by atoms with van der Waals surface area (Å²) in [6, 6.07) is 5.19. The molecule has 0 unspecified atom stereocenters. The molecule has 2 aromatic rings. The summed E-state index contributed by atoms with van der Waals surface area (Å²) in [6.07, 6.45) is 4.91. The first kappa shape index (κ1) is 11.6. The number of rotatable bonds is 2. The second-order valence-electron chi connectivity index (χ2n) is 3.16. The Balaban J connectivity index is 2.37. The Labute approximate surface area is 108 Å². The second kappa shape index (κ2) is 5.00. The number of nitrogens with one attached hydrogen (secondary N) is 1. The first-order valence-corrected chi connectivity index (χ1v) is 5.39. The fourth-order valence-corrected chi connectivity index (χ4v) is 1.82. The van der Waals surface area contributed by atoms with Gasteiger partial charge in [0, 0.05) is 33.6 Å². The largest absolute Gasteiger partial charge is 0.261 e. The lowest BCUT2D eigenvalue weighted by Crippen LogP contribution is -1.95. The van der Waals surface area contributed by atoms with Gasteiger partial charge in [0.15, 0.2) is 6.19 Å². The molecule has 0 aliphatic heterocycles. The first-order chi connectivity index (χ1) is 8.20. The summed E-state index contributed by atoms with van der Waals surface area (Å²) in [7, 11) is 0. The van der Waals surface area contributed by atoms with Crippen molar-refractivity contribution in [3.05, 3.63) is 40.6 Å². The standard InChI is InChI=1S/C11H6Cl2N4/c12-8-1-2-9(10(13)3-8)7-4-15-11(16-5-7)17-6-14/h1-5H,(H,15,16,17). The van der Waals surface area contributed by atoms with Gasteiger partial charge in [-0.05, 0) is 12.1 Å². The van der Waals surface area contributed by atoms with Crippen molar-refractivity contribution >= 4 is 29.2 Å². The highest BCUT2D eigenvalue weighted by atomic mass is 35.5. The van der Waals surface area contributed by atoms with E-state index in [1.165, 1.54) is 0 Å². The van der Waals surface area contributed by atoms with Crippen LogP contribution in [0, 0.1) is 11.5 Å². The maximum Gasteiger partial charge on any atom is 0.236 e. The molecule has 0 atom stereocenters. The van der Waals surface area contributed by atoms with Crippen LogP contribution in [0.5, 0.6) is 0 Å². The van der Waals surface area contributed by atoms with Crippen LogP contribution < -0.4 is 5.32 Å². The van der Waals surface area contributed by atoms with Crippen LogP contribution in [-0.2, 0) is 0 Å². The highest BCUT2D eigenvalue weighted by molar-refractivity contribution is 6.36. The normalized spacial score (nSPS) is 9.71. The monoisotopic (exact) mass is 264 g/mol. The van der Waals surface area contributed by atoms with Gasteiger partial charge in [0.1, 0.15) is 0 Å². The van der Waals surface area contributed by atoms with E-state index in [0.717, 1.165) is 11.1 Å². The molecule has 1 aromatic carbocycles. The van der Waals surface area contributed by atoms with Gasteiger partial charge in [-0.2, -0.15) is 5.26 Å². The Kier molecular flexibility index (Phi) is 3.43. The van der Waals surface area contributed by atoms with Crippen molar-refractivity contribution in [1.29, 1.82) is 5.26 Å². The van der Waals surface area contributed by atoms with Crippen molar-refractivity contribution < 1.29 is 0 Å². The fourth-order valence-electron chi connectivity index (χ4n) is 1.31. The number of aromatic nitrogens is 2. The molecule has 0 aliphatic carbocycles. The van der Waals surface area contributed by atoms with Gasteiger partial charge in [0.2, 0.25) is 5.95 Å². The molecule has 0 radical (unpaired) electrons. The van der Waals surface area contributed by atoms with E-state index in [-0.39, 0.29) is 5.95 Å². The van der Waals surface area contributed by atoms with Gasteiger partial charge >= 0.3 is 0 Å². The van der Waals surface area contributed by atoms with E-state index in [1.807, 2.05) is 0 Å². The number of hydrogen-bond donors (Lipinski definition) is 1. The molecular weight excluding hydrogens is 259 g/mol. The van der Waals surface area contributed by atoms with Crippen LogP contribution in [0.3, 0.4) is 0 Å². The molecule has 0 bridgehead atoms. The number of halogens is 2. The van der Waals surface area contributed by atoms with Crippen molar-refractivity contribution in [2.45, 2.75) is 0 Å². The van der Waals surface area contributed by atoms with Crippen LogP contribution in [-0.4, -0.2) is 9.97 Å². The Morgan fingerprint density at radius 1 is 1.18 bits per heavy atom. The van der Waals surface area contributed by atoms with Gasteiger partial charge in [0.05, 0.1) is 0 Å². The van der Waals surface area contributed by atoms with Gasteiger partial charge in [-0.15, -0.1) is 0 Å². The molecule has 1 N–H and O–H groups in total. The minimum atomic E-state index is 0.251. The highest BCUT2D eigenvalue weighted by Crippen LogP contribution is 2.29. The molecule has 1 heterocycles. The van der Waals surface area contributed by atoms with Gasteiger partial charge < -0.3 is 0 Å². The smallest absolute Gasteiger partial charge is 0.236 e. The van der Waals surface area contributed by atoms with Crippen molar-refractivity contribution in [2.75, 3.05) is 5.32 Å². The van der Waals surface area contributed by atoms with Crippen molar-refractivity contribution in [2.24, 2.45) is 0 Å². The van der Waals surface area contributed by atoms with E-state index in [9.17, 15) is 0 Å². The van der Waals surface area contributed by atoms with Gasteiger partial charge in [-0.25, -0.2) is 9.97 Å². The number of anilines is 1. The topological polar surface area (TPSA) is 61.6 Å². The third-order valence-electron chi connectivity index (χ3n) is 2.06. The van der Waals surface area contributed by atoms with Gasteiger partial charge in [0.25, 0.3) is 0 Å². The summed E-state index contributed by atoms with van der Waals surface area (Å²) < 4.78 is 0. The maximum atomic E-state index is 8.40. The van der Waals surface area contributed by atoms with Gasteiger partial charge in [-0.3, -0.25) is 5.32 Å². The van der Waals surface area contributed by atoms with E-state index >= 15 is 0 Å². The van der Waals surface area contributed by atoms with E-state index in [4.69, 9.17) is 28.5 Å². The zero-order valence-corrected chi connectivity index (χ0v) is 10.00. The van der Waals surface area contributed by atoms with Gasteiger partial charge in [-0.1, -0.05) is 29.3 Å². The minimum absolute atomic E-state index is 0.251. The lowest BCUT2D eigenvalue weighted by molar-refractivity contribution is 1.17. The predicted molar refractivity (Wildman–Crippen MR) is 66.7 cm³/mol. The highest BCUT2D eigenvalue weighted by Gasteiger charge is 2.05. The summed E-state index contributed by atoms with van der Waals surface area (Å²) >= 11 is 11.9. The second-order valence-corrected chi connectivity index (χ2v) is 4.00. The Morgan fingerprint density at radius 2 is 1.88 bits per heavy atom. The molecule has 17 heavy (non-hydrogen) atoms. The minimum Gasteiger partial charge on any atom is -0.261 e. The third-order valence-corrected chi connectivity index (χ3v) is 2.61. The zero-order valence-electron chi connectivity index (χ0n) is 8.48. The van der Waals surface area contributed by atoms with Crippen LogP contribution >= 0.6 is 23.2 Å². The molecule has 0 saturated heterocycles. The van der Waals surface area contributed by atoms with E-state index in [2.05, 4.69) is 15.3 Å². The van der Waals surface area contributed by atoms with E-state index in [1.54, 1.807) is 36.8 Å². The van der Waals surface area contributed by atoms with Crippen molar-refractivity contribution in [3.63, 3.8) is 0 Å². The fraction of sp³-hybridized carbons (Fsp3) is 0. The Hall–Kier alpha value is -1.83. The first-order valence-electron chi connectivity index (χ1n) is 4.63. The summed E-state index contributed by atoms with van der Waals surface area (Å²) in [5, 5.41) is 11.8. The average molecular weight is 265 g/mol. The summed E-state index contributed by atoms with van der Waals surface area (Å²) in [6.45, 7) is 0. The summed E-state index contributed by atoms with van der Waals surface area (Å²) in [5.41, 5.74) is 1.55. The molecule has 0 fully saturated rings. The number of nitrogens with zero attached hydrogens (tertiary/aromatic N) is 3. The quantitative estimate of drug-likeness (QED) is 0.668. The zero-order chi connectivity index (χ0) is 12.3. The molecule has 0 amide bonds. The number of hydrogen-bond acceptors (Lipinski definition) is 4. The number of nitriles is 1. The summed E-state index contributed by atoms with van der Waals surface area (Å²) in [5.74, 6) is 0.251. The Morgan fingerprint density at radius 3 is 2.47 bits per heavy atom. The van der Waals surface area contributed by atoms with Crippen LogP contribution in [0.4, 0.5) is 5.95 Å². The summed E-state index contributed by atoms with van der Waals surface area (Å²) in [4.78, 5) is 7.94. The third kappa shape index (κ3) is 2.64. The Bertz CT molecular complexity index is 575.